The summed E-state index contributed by atoms with van der Waals surface area (Å²) in [5, 5.41) is 8.86. The summed E-state index contributed by atoms with van der Waals surface area (Å²) in [7, 11) is 1.74. The van der Waals surface area contributed by atoms with Gasteiger partial charge in [0.1, 0.15) is 0 Å². The summed E-state index contributed by atoms with van der Waals surface area (Å²) >= 11 is 0. The van der Waals surface area contributed by atoms with Crippen LogP contribution in [-0.4, -0.2) is 85.8 Å². The predicted octanol–water partition coefficient (Wildman–Crippen LogP) is 1.78. The summed E-state index contributed by atoms with van der Waals surface area (Å²) in [6.07, 6.45) is 0.909. The van der Waals surface area contributed by atoms with E-state index in [-0.39, 0.29) is 18.6 Å². The molecule has 1 aliphatic heterocycles. The number of nitrogens with zero attached hydrogens (tertiary/aromatic N) is 3. The van der Waals surface area contributed by atoms with Crippen LogP contribution in [0.25, 0.3) is 0 Å². The lowest BCUT2D eigenvalue weighted by Crippen LogP contribution is -2.49. The fourth-order valence-electron chi connectivity index (χ4n) is 3.39. The molecule has 1 aromatic rings. The largest absolute Gasteiger partial charge is 0.480 e. The Labute approximate surface area is 161 Å². The van der Waals surface area contributed by atoms with E-state index < -0.39 is 5.97 Å². The van der Waals surface area contributed by atoms with E-state index in [1.807, 2.05) is 24.3 Å². The van der Waals surface area contributed by atoms with Gasteiger partial charge in [0.2, 0.25) is 0 Å². The van der Waals surface area contributed by atoms with Crippen molar-refractivity contribution < 1.29 is 19.4 Å². The Hall–Kier alpha value is -2.12. The standard InChI is InChI=1S/C20H31N3O4/c1-4-10-22(5-2)17-8-6-16(7-9-17)20(26)23-11-12-27-18(14-23)13-21(3)15-19(24)25/h6-9,18H,4-5,10-15H2,1-3H3,(H,24,25). The second-order valence-electron chi connectivity index (χ2n) is 6.96. The molecule has 0 radical (unpaired) electrons. The molecule has 7 nitrogen and oxygen atoms in total. The fourth-order valence-corrected chi connectivity index (χ4v) is 3.39. The van der Waals surface area contributed by atoms with E-state index >= 15 is 0 Å². The summed E-state index contributed by atoms with van der Waals surface area (Å²) in [6.45, 7) is 8.16. The third-order valence-electron chi connectivity index (χ3n) is 4.70. The topological polar surface area (TPSA) is 73.3 Å². The highest BCUT2D eigenvalue weighted by atomic mass is 16.5. The molecule has 7 heteroatoms. The number of hydrogen-bond donors (Lipinski definition) is 1. The van der Waals surface area contributed by atoms with Gasteiger partial charge < -0.3 is 19.6 Å². The maximum absolute atomic E-state index is 12.8. The molecule has 2 rings (SSSR count). The molecule has 0 saturated carbocycles. The Bertz CT molecular complexity index is 620. The van der Waals surface area contributed by atoms with Gasteiger partial charge in [-0.15, -0.1) is 0 Å². The Morgan fingerprint density at radius 3 is 2.56 bits per heavy atom. The van der Waals surface area contributed by atoms with Crippen LogP contribution >= 0.6 is 0 Å². The quantitative estimate of drug-likeness (QED) is 0.707. The highest BCUT2D eigenvalue weighted by Gasteiger charge is 2.26. The molecule has 0 aliphatic carbocycles. The summed E-state index contributed by atoms with van der Waals surface area (Å²) in [4.78, 5) is 29.4. The Kier molecular flexibility index (Phi) is 8.06. The van der Waals surface area contributed by atoms with E-state index in [2.05, 4.69) is 18.7 Å². The van der Waals surface area contributed by atoms with E-state index in [4.69, 9.17) is 9.84 Å². The minimum atomic E-state index is -0.870. The van der Waals surface area contributed by atoms with Gasteiger partial charge >= 0.3 is 5.97 Å². The van der Waals surface area contributed by atoms with Crippen LogP contribution in [0.15, 0.2) is 24.3 Å². The van der Waals surface area contributed by atoms with Crippen molar-refractivity contribution in [3.8, 4) is 0 Å². The third kappa shape index (κ3) is 6.22. The molecule has 1 aromatic carbocycles. The molecule has 0 bridgehead atoms. The summed E-state index contributed by atoms with van der Waals surface area (Å²) in [6, 6.07) is 7.78. The van der Waals surface area contributed by atoms with Gasteiger partial charge in [-0.2, -0.15) is 0 Å². The van der Waals surface area contributed by atoms with Crippen LogP contribution < -0.4 is 4.90 Å². The number of carbonyl (C=O) groups excluding carboxylic acids is 1. The number of hydrogen-bond acceptors (Lipinski definition) is 5. The zero-order valence-electron chi connectivity index (χ0n) is 16.6. The minimum absolute atomic E-state index is 0.00530. The van der Waals surface area contributed by atoms with Crippen LogP contribution in [0.5, 0.6) is 0 Å². The van der Waals surface area contributed by atoms with Gasteiger partial charge in [0, 0.05) is 44.0 Å². The molecule has 1 heterocycles. The lowest BCUT2D eigenvalue weighted by atomic mass is 10.1. The van der Waals surface area contributed by atoms with Crippen molar-refractivity contribution in [2.45, 2.75) is 26.4 Å². The van der Waals surface area contributed by atoms with Crippen molar-refractivity contribution in [1.29, 1.82) is 0 Å². The number of likely N-dealkylation sites (N-methyl/N-ethyl adjacent to an activating group) is 1. The number of carboxylic acids is 1. The van der Waals surface area contributed by atoms with E-state index in [0.717, 1.165) is 25.2 Å². The van der Waals surface area contributed by atoms with E-state index in [9.17, 15) is 9.59 Å². The maximum atomic E-state index is 12.8. The normalized spacial score (nSPS) is 17.2. The molecule has 0 aromatic heterocycles. The lowest BCUT2D eigenvalue weighted by molar-refractivity contribution is -0.138. The number of carboxylic acid groups (broad SMARTS) is 1. The van der Waals surface area contributed by atoms with E-state index in [1.54, 1.807) is 16.8 Å². The van der Waals surface area contributed by atoms with Crippen LogP contribution in [0.3, 0.4) is 0 Å². The molecule has 1 N–H and O–H groups in total. The van der Waals surface area contributed by atoms with Gasteiger partial charge in [0.05, 0.1) is 19.3 Å². The van der Waals surface area contributed by atoms with Crippen molar-refractivity contribution in [2.75, 3.05) is 57.8 Å². The molecule has 1 fully saturated rings. The number of amides is 1. The number of ether oxygens (including phenoxy) is 1. The van der Waals surface area contributed by atoms with Crippen molar-refractivity contribution in [1.82, 2.24) is 9.80 Å². The molecule has 1 unspecified atom stereocenters. The molecule has 1 atom stereocenters. The second kappa shape index (κ2) is 10.3. The lowest BCUT2D eigenvalue weighted by Gasteiger charge is -2.34. The van der Waals surface area contributed by atoms with Crippen LogP contribution in [0.4, 0.5) is 5.69 Å². The summed E-state index contributed by atoms with van der Waals surface area (Å²) < 4.78 is 5.70. The number of carbonyl (C=O) groups is 2. The van der Waals surface area contributed by atoms with Crippen LogP contribution in [-0.2, 0) is 9.53 Å². The number of benzene rings is 1. The zero-order valence-corrected chi connectivity index (χ0v) is 16.6. The average Bonchev–Trinajstić information content (AvgIpc) is 2.65. The van der Waals surface area contributed by atoms with Gasteiger partial charge in [-0.1, -0.05) is 6.92 Å². The molecular formula is C20H31N3O4. The maximum Gasteiger partial charge on any atom is 0.317 e. The van der Waals surface area contributed by atoms with Crippen LogP contribution in [0.1, 0.15) is 30.6 Å². The molecule has 1 amide bonds. The van der Waals surface area contributed by atoms with Crippen LogP contribution in [0, 0.1) is 0 Å². The highest BCUT2D eigenvalue weighted by molar-refractivity contribution is 5.94. The fraction of sp³-hybridized carbons (Fsp3) is 0.600. The van der Waals surface area contributed by atoms with Gasteiger partial charge in [-0.3, -0.25) is 14.5 Å². The molecule has 1 saturated heterocycles. The van der Waals surface area contributed by atoms with Crippen LogP contribution in [0.2, 0.25) is 0 Å². The first-order valence-electron chi connectivity index (χ1n) is 9.60. The van der Waals surface area contributed by atoms with Gasteiger partial charge in [0.15, 0.2) is 0 Å². The Morgan fingerprint density at radius 1 is 1.26 bits per heavy atom. The predicted molar refractivity (Wildman–Crippen MR) is 105 cm³/mol. The first-order chi connectivity index (χ1) is 12.9. The Morgan fingerprint density at radius 2 is 1.96 bits per heavy atom. The van der Waals surface area contributed by atoms with Gasteiger partial charge in [0.25, 0.3) is 5.91 Å². The van der Waals surface area contributed by atoms with E-state index in [0.29, 0.717) is 31.8 Å². The summed E-state index contributed by atoms with van der Waals surface area (Å²) in [5.41, 5.74) is 1.80. The van der Waals surface area contributed by atoms with E-state index in [1.165, 1.54) is 0 Å². The zero-order chi connectivity index (χ0) is 19.8. The first kappa shape index (κ1) is 21.2. The number of rotatable bonds is 9. The second-order valence-corrected chi connectivity index (χ2v) is 6.96. The third-order valence-corrected chi connectivity index (χ3v) is 4.70. The van der Waals surface area contributed by atoms with Gasteiger partial charge in [-0.25, -0.2) is 0 Å². The van der Waals surface area contributed by atoms with Gasteiger partial charge in [-0.05, 0) is 44.7 Å². The van der Waals surface area contributed by atoms with Crippen molar-refractivity contribution in [2.24, 2.45) is 0 Å². The highest BCUT2D eigenvalue weighted by Crippen LogP contribution is 2.18. The van der Waals surface area contributed by atoms with Crippen molar-refractivity contribution in [3.63, 3.8) is 0 Å². The molecule has 27 heavy (non-hydrogen) atoms. The SMILES string of the molecule is CCCN(CC)c1ccc(C(=O)N2CCOC(CN(C)CC(=O)O)C2)cc1. The molecule has 150 valence electrons. The average molecular weight is 377 g/mol. The monoisotopic (exact) mass is 377 g/mol. The van der Waals surface area contributed by atoms with Crippen molar-refractivity contribution in [3.05, 3.63) is 29.8 Å². The minimum Gasteiger partial charge on any atom is -0.480 e. The number of morpholine rings is 1. The smallest absolute Gasteiger partial charge is 0.317 e. The Balaban J connectivity index is 1.96. The molecule has 0 spiro atoms. The number of aliphatic carboxylic acids is 1. The molecular weight excluding hydrogens is 346 g/mol. The molecule has 1 aliphatic rings. The summed E-state index contributed by atoms with van der Waals surface area (Å²) in [5.74, 6) is -0.875. The number of anilines is 1. The van der Waals surface area contributed by atoms with Crippen molar-refractivity contribution >= 4 is 17.6 Å². The first-order valence-corrected chi connectivity index (χ1v) is 9.60.